The van der Waals surface area contributed by atoms with Gasteiger partial charge in [-0.2, -0.15) is 22.1 Å². The highest BCUT2D eigenvalue weighted by Crippen LogP contribution is 2.12. The molecule has 112 valence electrons. The summed E-state index contributed by atoms with van der Waals surface area (Å²) in [6, 6.07) is 1.69. The van der Waals surface area contributed by atoms with Crippen molar-refractivity contribution in [2.45, 2.75) is 6.92 Å². The molecule has 0 radical (unpaired) electrons. The average Bonchev–Trinajstić information content (AvgIpc) is 2.84. The smallest absolute Gasteiger partial charge is 0.281 e. The number of piperazine rings is 1. The van der Waals surface area contributed by atoms with Gasteiger partial charge in [0.2, 0.25) is 0 Å². The quantitative estimate of drug-likeness (QED) is 0.798. The van der Waals surface area contributed by atoms with Crippen LogP contribution in [0.15, 0.2) is 6.07 Å². The summed E-state index contributed by atoms with van der Waals surface area (Å²) in [7, 11) is -0.404. The van der Waals surface area contributed by atoms with E-state index in [1.165, 1.54) is 22.7 Å². The van der Waals surface area contributed by atoms with Gasteiger partial charge in [-0.05, 0) is 13.0 Å². The van der Waals surface area contributed by atoms with Crippen molar-refractivity contribution in [1.29, 1.82) is 0 Å². The summed E-state index contributed by atoms with van der Waals surface area (Å²) in [5.41, 5.74) is 1.19. The van der Waals surface area contributed by atoms with Gasteiger partial charge < -0.3 is 4.90 Å². The zero-order valence-electron chi connectivity index (χ0n) is 11.8. The van der Waals surface area contributed by atoms with E-state index in [1.54, 1.807) is 11.0 Å². The fourth-order valence-corrected chi connectivity index (χ4v) is 3.13. The van der Waals surface area contributed by atoms with Crippen LogP contribution in [-0.2, 0) is 10.2 Å². The lowest BCUT2D eigenvalue weighted by molar-refractivity contribution is 0.0689. The van der Waals surface area contributed by atoms with E-state index in [0.717, 1.165) is 5.69 Å². The molecule has 2 heterocycles. The Bertz CT molecular complexity index is 587. The second-order valence-electron chi connectivity index (χ2n) is 4.92. The lowest BCUT2D eigenvalue weighted by atomic mass is 10.3. The molecule has 1 saturated heterocycles. The highest BCUT2D eigenvalue weighted by atomic mass is 32.2. The Balaban J connectivity index is 2.00. The molecule has 9 heteroatoms. The van der Waals surface area contributed by atoms with E-state index in [4.69, 9.17) is 0 Å². The van der Waals surface area contributed by atoms with E-state index in [0.29, 0.717) is 31.9 Å². The fraction of sp³-hybridized carbons (Fsp3) is 0.636. The monoisotopic (exact) mass is 301 g/mol. The van der Waals surface area contributed by atoms with E-state index in [-0.39, 0.29) is 5.91 Å². The molecule has 0 spiro atoms. The standard InChI is InChI=1S/C11H19N5O3S/c1-9-8-10(13-12-9)11(17)15-4-6-16(7-5-15)20(18,19)14(2)3/h8H,4-7H2,1-3H3,(H,12,13). The Labute approximate surface area is 118 Å². The van der Waals surface area contributed by atoms with Gasteiger partial charge in [-0.15, -0.1) is 0 Å². The van der Waals surface area contributed by atoms with Gasteiger partial charge in [0.1, 0.15) is 5.69 Å². The van der Waals surface area contributed by atoms with Crippen molar-refractivity contribution >= 4 is 16.1 Å². The Morgan fingerprint density at radius 2 is 1.90 bits per heavy atom. The minimum absolute atomic E-state index is 0.170. The fourth-order valence-electron chi connectivity index (χ4n) is 2.04. The molecule has 1 amide bonds. The Hall–Kier alpha value is -1.45. The topological polar surface area (TPSA) is 89.6 Å². The second-order valence-corrected chi connectivity index (χ2v) is 7.06. The maximum Gasteiger partial charge on any atom is 0.281 e. The first-order valence-electron chi connectivity index (χ1n) is 6.31. The van der Waals surface area contributed by atoms with Crippen LogP contribution in [0, 0.1) is 6.92 Å². The zero-order chi connectivity index (χ0) is 14.9. The first kappa shape index (κ1) is 14.9. The molecule has 1 aromatic heterocycles. The van der Waals surface area contributed by atoms with Gasteiger partial charge >= 0.3 is 0 Å². The number of H-pyrrole nitrogens is 1. The predicted molar refractivity (Wildman–Crippen MR) is 73.4 cm³/mol. The average molecular weight is 301 g/mol. The molecule has 8 nitrogen and oxygen atoms in total. The van der Waals surface area contributed by atoms with Gasteiger partial charge in [0, 0.05) is 46.0 Å². The number of nitrogens with one attached hydrogen (secondary N) is 1. The number of rotatable bonds is 3. The molecule has 0 aromatic carbocycles. The Kier molecular flexibility index (Phi) is 4.11. The third-order valence-electron chi connectivity index (χ3n) is 3.24. The molecular weight excluding hydrogens is 282 g/mol. The third-order valence-corrected chi connectivity index (χ3v) is 5.18. The summed E-state index contributed by atoms with van der Waals surface area (Å²) in [4.78, 5) is 13.8. The molecule has 1 fully saturated rings. The molecule has 20 heavy (non-hydrogen) atoms. The molecular formula is C11H19N5O3S. The molecule has 1 N–H and O–H groups in total. The van der Waals surface area contributed by atoms with Crippen LogP contribution in [0.1, 0.15) is 16.2 Å². The van der Waals surface area contributed by atoms with Crippen LogP contribution in [-0.4, -0.2) is 78.3 Å². The summed E-state index contributed by atoms with van der Waals surface area (Å²) in [6.07, 6.45) is 0. The third kappa shape index (κ3) is 2.84. The molecule has 1 aliphatic heterocycles. The van der Waals surface area contributed by atoms with Crippen LogP contribution in [0.3, 0.4) is 0 Å². The first-order valence-corrected chi connectivity index (χ1v) is 7.71. The van der Waals surface area contributed by atoms with Gasteiger partial charge in [-0.25, -0.2) is 0 Å². The molecule has 0 atom stereocenters. The SMILES string of the molecule is Cc1cc(C(=O)N2CCN(S(=O)(=O)N(C)C)CC2)n[nH]1. The Morgan fingerprint density at radius 3 is 2.35 bits per heavy atom. The number of hydrogen-bond acceptors (Lipinski definition) is 4. The number of aromatic amines is 1. The lowest BCUT2D eigenvalue weighted by Gasteiger charge is -2.34. The van der Waals surface area contributed by atoms with Crippen LogP contribution in [0.5, 0.6) is 0 Å². The zero-order valence-corrected chi connectivity index (χ0v) is 12.6. The summed E-state index contributed by atoms with van der Waals surface area (Å²) in [5.74, 6) is -0.170. The highest BCUT2D eigenvalue weighted by molar-refractivity contribution is 7.86. The van der Waals surface area contributed by atoms with Gasteiger partial charge in [-0.3, -0.25) is 9.89 Å². The number of aromatic nitrogens is 2. The van der Waals surface area contributed by atoms with Crippen molar-refractivity contribution in [2.24, 2.45) is 0 Å². The van der Waals surface area contributed by atoms with Gasteiger partial charge in [0.05, 0.1) is 0 Å². The summed E-state index contributed by atoms with van der Waals surface area (Å²) < 4.78 is 26.5. The van der Waals surface area contributed by atoms with Gasteiger partial charge in [0.15, 0.2) is 0 Å². The summed E-state index contributed by atoms with van der Waals surface area (Å²) >= 11 is 0. The van der Waals surface area contributed by atoms with Crippen LogP contribution in [0.25, 0.3) is 0 Å². The van der Waals surface area contributed by atoms with Crippen molar-refractivity contribution in [3.8, 4) is 0 Å². The van der Waals surface area contributed by atoms with E-state index >= 15 is 0 Å². The minimum Gasteiger partial charge on any atom is -0.335 e. The van der Waals surface area contributed by atoms with Crippen LogP contribution >= 0.6 is 0 Å². The maximum atomic E-state index is 12.2. The number of hydrogen-bond donors (Lipinski definition) is 1. The normalized spacial score (nSPS) is 17.7. The van der Waals surface area contributed by atoms with E-state index in [9.17, 15) is 13.2 Å². The predicted octanol–water partition coefficient (Wildman–Crippen LogP) is -0.718. The van der Waals surface area contributed by atoms with Crippen molar-refractivity contribution in [3.63, 3.8) is 0 Å². The summed E-state index contributed by atoms with van der Waals surface area (Å²) in [6.45, 7) is 3.17. The molecule has 0 unspecified atom stereocenters. The maximum absolute atomic E-state index is 12.2. The largest absolute Gasteiger partial charge is 0.335 e. The van der Waals surface area contributed by atoms with Crippen molar-refractivity contribution < 1.29 is 13.2 Å². The van der Waals surface area contributed by atoms with Gasteiger partial charge in [-0.1, -0.05) is 0 Å². The van der Waals surface area contributed by atoms with E-state index < -0.39 is 10.2 Å². The first-order chi connectivity index (χ1) is 9.32. The van der Waals surface area contributed by atoms with Crippen molar-refractivity contribution in [2.75, 3.05) is 40.3 Å². The lowest BCUT2D eigenvalue weighted by Crippen LogP contribution is -2.53. The van der Waals surface area contributed by atoms with Gasteiger partial charge in [0.25, 0.3) is 16.1 Å². The molecule has 2 rings (SSSR count). The van der Waals surface area contributed by atoms with Crippen LogP contribution < -0.4 is 0 Å². The Morgan fingerprint density at radius 1 is 1.30 bits per heavy atom. The molecule has 0 saturated carbocycles. The van der Waals surface area contributed by atoms with Crippen molar-refractivity contribution in [3.05, 3.63) is 17.5 Å². The van der Waals surface area contributed by atoms with Crippen LogP contribution in [0.4, 0.5) is 0 Å². The van der Waals surface area contributed by atoms with Crippen molar-refractivity contribution in [1.82, 2.24) is 23.7 Å². The molecule has 1 aliphatic rings. The molecule has 0 aliphatic carbocycles. The number of amides is 1. The van der Waals surface area contributed by atoms with Crippen LogP contribution in [0.2, 0.25) is 0 Å². The number of nitrogens with zero attached hydrogens (tertiary/aromatic N) is 4. The number of aryl methyl sites for hydroxylation is 1. The highest BCUT2D eigenvalue weighted by Gasteiger charge is 2.30. The summed E-state index contributed by atoms with van der Waals surface area (Å²) in [5, 5.41) is 6.66. The number of carbonyl (C=O) groups is 1. The van der Waals surface area contributed by atoms with E-state index in [2.05, 4.69) is 10.2 Å². The minimum atomic E-state index is -3.40. The molecule has 1 aromatic rings. The number of carbonyl (C=O) groups excluding carboxylic acids is 1. The molecule has 0 bridgehead atoms. The second kappa shape index (κ2) is 5.51. The van der Waals surface area contributed by atoms with E-state index in [1.807, 2.05) is 6.92 Å².